The van der Waals surface area contributed by atoms with Crippen LogP contribution in [0.5, 0.6) is 5.75 Å². The predicted molar refractivity (Wildman–Crippen MR) is 83.1 cm³/mol. The molecule has 3 aromatic rings. The molecular weight excluding hydrogens is 286 g/mol. The number of rotatable bonds is 3. The van der Waals surface area contributed by atoms with Gasteiger partial charge in [-0.1, -0.05) is 6.07 Å². The van der Waals surface area contributed by atoms with Crippen molar-refractivity contribution in [1.82, 2.24) is 8.75 Å². The second-order valence-corrected chi connectivity index (χ2v) is 5.10. The molecule has 0 atom stereocenters. The summed E-state index contributed by atoms with van der Waals surface area (Å²) in [7, 11) is 1.59. The number of nitrogens with zero attached hydrogens (tertiary/aromatic N) is 2. The van der Waals surface area contributed by atoms with Crippen LogP contribution >= 0.6 is 11.7 Å². The molecule has 0 radical (unpaired) electrons. The zero-order chi connectivity index (χ0) is 14.8. The van der Waals surface area contributed by atoms with Crippen LogP contribution < -0.4 is 10.1 Å². The first-order valence-corrected chi connectivity index (χ1v) is 7.09. The molecule has 0 fully saturated rings. The van der Waals surface area contributed by atoms with Crippen molar-refractivity contribution in [3.05, 3.63) is 47.5 Å². The first-order chi connectivity index (χ1) is 10.2. The number of fused-ring (bicyclic) bond motifs is 1. The second kappa shape index (κ2) is 5.49. The van der Waals surface area contributed by atoms with Crippen LogP contribution in [0.25, 0.3) is 11.0 Å². The summed E-state index contributed by atoms with van der Waals surface area (Å²) in [5, 5.41) is 2.92. The average molecular weight is 299 g/mol. The third-order valence-electron chi connectivity index (χ3n) is 3.23. The summed E-state index contributed by atoms with van der Waals surface area (Å²) >= 11 is 1.14. The van der Waals surface area contributed by atoms with Gasteiger partial charge in [-0.2, -0.15) is 8.75 Å². The van der Waals surface area contributed by atoms with Crippen molar-refractivity contribution in [2.24, 2.45) is 0 Å². The molecule has 0 unspecified atom stereocenters. The highest BCUT2D eigenvalue weighted by Gasteiger charge is 2.13. The molecular formula is C15H13N3O2S. The molecule has 0 aliphatic rings. The van der Waals surface area contributed by atoms with Gasteiger partial charge in [-0.25, -0.2) is 0 Å². The number of amides is 1. The van der Waals surface area contributed by atoms with E-state index in [1.165, 1.54) is 0 Å². The van der Waals surface area contributed by atoms with Crippen LogP contribution in [0.15, 0.2) is 36.4 Å². The highest BCUT2D eigenvalue weighted by molar-refractivity contribution is 7.00. The molecule has 1 heterocycles. The Balaban J connectivity index is 1.92. The van der Waals surface area contributed by atoms with Crippen molar-refractivity contribution in [3.8, 4) is 5.75 Å². The Morgan fingerprint density at radius 2 is 1.90 bits per heavy atom. The molecule has 1 amide bonds. The number of hydrogen-bond acceptors (Lipinski definition) is 5. The third-order valence-corrected chi connectivity index (χ3v) is 3.77. The molecule has 3 rings (SSSR count). The topological polar surface area (TPSA) is 64.1 Å². The van der Waals surface area contributed by atoms with Crippen LogP contribution in [0.2, 0.25) is 0 Å². The monoisotopic (exact) mass is 299 g/mol. The lowest BCUT2D eigenvalue weighted by atomic mass is 10.1. The number of methoxy groups -OCH3 is 1. The van der Waals surface area contributed by atoms with Gasteiger partial charge < -0.3 is 10.1 Å². The van der Waals surface area contributed by atoms with Crippen molar-refractivity contribution in [2.75, 3.05) is 12.4 Å². The van der Waals surface area contributed by atoms with Gasteiger partial charge in [0.05, 0.1) is 24.5 Å². The maximum Gasteiger partial charge on any atom is 0.255 e. The van der Waals surface area contributed by atoms with Gasteiger partial charge in [0.1, 0.15) is 16.8 Å². The summed E-state index contributed by atoms with van der Waals surface area (Å²) in [4.78, 5) is 12.3. The number of anilines is 1. The van der Waals surface area contributed by atoms with E-state index in [0.717, 1.165) is 28.3 Å². The zero-order valence-corrected chi connectivity index (χ0v) is 12.4. The smallest absolute Gasteiger partial charge is 0.255 e. The summed E-state index contributed by atoms with van der Waals surface area (Å²) in [6.45, 7) is 1.93. The quantitative estimate of drug-likeness (QED) is 0.806. The first kappa shape index (κ1) is 13.5. The number of benzene rings is 2. The molecule has 0 aliphatic carbocycles. The number of aromatic nitrogens is 2. The number of aryl methyl sites for hydroxylation is 1. The molecule has 0 spiro atoms. The van der Waals surface area contributed by atoms with Gasteiger partial charge in [-0.3, -0.25) is 4.79 Å². The van der Waals surface area contributed by atoms with Gasteiger partial charge in [-0.15, -0.1) is 0 Å². The number of hydrogen-bond donors (Lipinski definition) is 1. The summed E-state index contributed by atoms with van der Waals surface area (Å²) in [5.41, 5.74) is 3.74. The summed E-state index contributed by atoms with van der Waals surface area (Å²) in [6, 6.07) is 10.8. The van der Waals surface area contributed by atoms with Crippen molar-refractivity contribution >= 4 is 34.4 Å². The minimum atomic E-state index is -0.179. The number of carbonyl (C=O) groups is 1. The van der Waals surface area contributed by atoms with Crippen LogP contribution in [0, 0.1) is 6.92 Å². The normalized spacial score (nSPS) is 10.6. The SMILES string of the molecule is COc1ccc(C(=O)Nc2c(C)ccc3nsnc23)cc1. The zero-order valence-electron chi connectivity index (χ0n) is 11.6. The molecule has 0 bridgehead atoms. The highest BCUT2D eigenvalue weighted by atomic mass is 32.1. The average Bonchev–Trinajstić information content (AvgIpc) is 2.99. The Hall–Kier alpha value is -2.47. The molecule has 0 aliphatic heterocycles. The fraction of sp³-hybridized carbons (Fsp3) is 0.133. The summed E-state index contributed by atoms with van der Waals surface area (Å²) in [5.74, 6) is 0.537. The Morgan fingerprint density at radius 3 is 2.62 bits per heavy atom. The van der Waals surface area contributed by atoms with E-state index in [1.54, 1.807) is 31.4 Å². The van der Waals surface area contributed by atoms with Crippen molar-refractivity contribution in [2.45, 2.75) is 6.92 Å². The second-order valence-electron chi connectivity index (χ2n) is 4.57. The lowest BCUT2D eigenvalue weighted by Crippen LogP contribution is -2.13. The summed E-state index contributed by atoms with van der Waals surface area (Å²) in [6.07, 6.45) is 0. The van der Waals surface area contributed by atoms with Crippen LogP contribution in [0.4, 0.5) is 5.69 Å². The number of carbonyl (C=O) groups excluding carboxylic acids is 1. The minimum Gasteiger partial charge on any atom is -0.497 e. The van der Waals surface area contributed by atoms with E-state index in [2.05, 4.69) is 14.1 Å². The van der Waals surface area contributed by atoms with E-state index < -0.39 is 0 Å². The van der Waals surface area contributed by atoms with E-state index in [1.807, 2.05) is 19.1 Å². The van der Waals surface area contributed by atoms with E-state index in [4.69, 9.17) is 4.74 Å². The fourth-order valence-electron chi connectivity index (χ4n) is 2.04. The van der Waals surface area contributed by atoms with Crippen LogP contribution in [-0.4, -0.2) is 21.8 Å². The fourth-order valence-corrected chi connectivity index (χ4v) is 2.58. The Labute approximate surface area is 125 Å². The van der Waals surface area contributed by atoms with Crippen molar-refractivity contribution < 1.29 is 9.53 Å². The van der Waals surface area contributed by atoms with Crippen molar-refractivity contribution in [3.63, 3.8) is 0 Å². The third kappa shape index (κ3) is 2.57. The Bertz CT molecular complexity index is 796. The van der Waals surface area contributed by atoms with E-state index >= 15 is 0 Å². The molecule has 106 valence electrons. The maximum absolute atomic E-state index is 12.3. The standard InChI is InChI=1S/C15H13N3O2S/c1-9-3-8-12-14(18-21-17-12)13(9)16-15(19)10-4-6-11(20-2)7-5-10/h3-8H,1-2H3,(H,16,19). The largest absolute Gasteiger partial charge is 0.497 e. The molecule has 2 aromatic carbocycles. The van der Waals surface area contributed by atoms with Gasteiger partial charge in [0.15, 0.2) is 0 Å². The van der Waals surface area contributed by atoms with Gasteiger partial charge >= 0.3 is 0 Å². The lowest BCUT2D eigenvalue weighted by molar-refractivity contribution is 0.102. The number of ether oxygens (including phenoxy) is 1. The van der Waals surface area contributed by atoms with E-state index in [0.29, 0.717) is 17.0 Å². The molecule has 1 N–H and O–H groups in total. The lowest BCUT2D eigenvalue weighted by Gasteiger charge is -2.09. The molecule has 5 nitrogen and oxygen atoms in total. The molecule has 0 saturated carbocycles. The first-order valence-electron chi connectivity index (χ1n) is 6.36. The van der Waals surface area contributed by atoms with Gasteiger partial charge in [0, 0.05) is 5.56 Å². The highest BCUT2D eigenvalue weighted by Crippen LogP contribution is 2.26. The predicted octanol–water partition coefficient (Wildman–Crippen LogP) is 3.26. The molecule has 1 aromatic heterocycles. The Kier molecular flexibility index (Phi) is 3.53. The van der Waals surface area contributed by atoms with Crippen molar-refractivity contribution in [1.29, 1.82) is 0 Å². The summed E-state index contributed by atoms with van der Waals surface area (Å²) < 4.78 is 13.5. The minimum absolute atomic E-state index is 0.179. The number of nitrogens with one attached hydrogen (secondary N) is 1. The van der Waals surface area contributed by atoms with Crippen LogP contribution in [0.3, 0.4) is 0 Å². The van der Waals surface area contributed by atoms with E-state index in [-0.39, 0.29) is 5.91 Å². The Morgan fingerprint density at radius 1 is 1.14 bits per heavy atom. The maximum atomic E-state index is 12.3. The van der Waals surface area contributed by atoms with Crippen LogP contribution in [-0.2, 0) is 0 Å². The van der Waals surface area contributed by atoms with Gasteiger partial charge in [-0.05, 0) is 42.8 Å². The molecule has 21 heavy (non-hydrogen) atoms. The molecule has 0 saturated heterocycles. The molecule has 6 heteroatoms. The van der Waals surface area contributed by atoms with Crippen LogP contribution in [0.1, 0.15) is 15.9 Å². The van der Waals surface area contributed by atoms with Gasteiger partial charge in [0.2, 0.25) is 0 Å². The van der Waals surface area contributed by atoms with Gasteiger partial charge in [0.25, 0.3) is 5.91 Å². The van der Waals surface area contributed by atoms with E-state index in [9.17, 15) is 4.79 Å².